The van der Waals surface area contributed by atoms with Crippen LogP contribution in [-0.4, -0.2) is 14.7 Å². The number of rotatable bonds is 4. The average molecular weight is 268 g/mol. The van der Waals surface area contributed by atoms with Crippen LogP contribution in [0, 0.1) is 5.92 Å². The lowest BCUT2D eigenvalue weighted by atomic mass is 9.89. The lowest BCUT2D eigenvalue weighted by Crippen LogP contribution is -2.16. The summed E-state index contributed by atoms with van der Waals surface area (Å²) in [6, 6.07) is 0. The smallest absolute Gasteiger partial charge is 0.0917 e. The molecule has 102 valence electrons. The predicted molar refractivity (Wildman–Crippen MR) is 74.8 cm³/mol. The van der Waals surface area contributed by atoms with Crippen LogP contribution in [0.1, 0.15) is 76.0 Å². The van der Waals surface area contributed by atoms with E-state index >= 15 is 0 Å². The van der Waals surface area contributed by atoms with Gasteiger partial charge in [-0.3, -0.25) is 0 Å². The largest absolute Gasteiger partial charge is 0.387 e. The summed E-state index contributed by atoms with van der Waals surface area (Å²) in [4.78, 5) is 0.973. The zero-order valence-corrected chi connectivity index (χ0v) is 12.5. The van der Waals surface area contributed by atoms with Crippen molar-refractivity contribution in [2.24, 2.45) is 5.92 Å². The van der Waals surface area contributed by atoms with E-state index in [0.717, 1.165) is 29.3 Å². The minimum absolute atomic E-state index is 0.0311. The molecule has 1 aliphatic carbocycles. The third-order valence-electron chi connectivity index (χ3n) is 3.85. The number of hydrogen-bond acceptors (Lipinski definition) is 4. The van der Waals surface area contributed by atoms with Gasteiger partial charge in [-0.05, 0) is 30.3 Å². The van der Waals surface area contributed by atoms with Crippen molar-refractivity contribution < 1.29 is 5.11 Å². The second kappa shape index (κ2) is 5.66. The Hall–Kier alpha value is -0.480. The number of aliphatic hydroxyl groups is 1. The van der Waals surface area contributed by atoms with E-state index in [4.69, 9.17) is 0 Å². The first-order valence-corrected chi connectivity index (χ1v) is 7.76. The van der Waals surface area contributed by atoms with Gasteiger partial charge in [0.1, 0.15) is 0 Å². The number of aromatic nitrogens is 2. The molecule has 18 heavy (non-hydrogen) atoms. The van der Waals surface area contributed by atoms with Crippen LogP contribution in [0.25, 0.3) is 0 Å². The highest BCUT2D eigenvalue weighted by molar-refractivity contribution is 7.05. The Balaban J connectivity index is 1.96. The standard InChI is InChI=1S/C14H24N2OS/c1-14(2,3)13-12(18-16-15-13)11(17)9-8-10-6-4-5-7-10/h10-11,17H,4-9H2,1-3H3. The molecule has 1 aromatic heterocycles. The molecule has 0 radical (unpaired) electrons. The zero-order valence-electron chi connectivity index (χ0n) is 11.6. The van der Waals surface area contributed by atoms with Crippen LogP contribution < -0.4 is 0 Å². The zero-order chi connectivity index (χ0) is 13.2. The van der Waals surface area contributed by atoms with Crippen LogP contribution in [0.4, 0.5) is 0 Å². The van der Waals surface area contributed by atoms with Gasteiger partial charge in [0.05, 0.1) is 16.7 Å². The molecule has 1 saturated carbocycles. The van der Waals surface area contributed by atoms with E-state index in [1.807, 2.05) is 0 Å². The summed E-state index contributed by atoms with van der Waals surface area (Å²) in [5.74, 6) is 0.832. The Labute approximate surface area is 114 Å². The highest BCUT2D eigenvalue weighted by Crippen LogP contribution is 2.35. The highest BCUT2D eigenvalue weighted by Gasteiger charge is 2.27. The molecule has 0 saturated heterocycles. The number of hydrogen-bond donors (Lipinski definition) is 1. The molecule has 3 nitrogen and oxygen atoms in total. The third kappa shape index (κ3) is 3.29. The Morgan fingerprint density at radius 2 is 2.00 bits per heavy atom. The number of aliphatic hydroxyl groups excluding tert-OH is 1. The molecule has 1 aromatic rings. The maximum atomic E-state index is 10.3. The lowest BCUT2D eigenvalue weighted by Gasteiger charge is -2.19. The van der Waals surface area contributed by atoms with Gasteiger partial charge in [0.2, 0.25) is 0 Å². The van der Waals surface area contributed by atoms with Gasteiger partial charge in [0, 0.05) is 5.41 Å². The molecule has 1 N–H and O–H groups in total. The molecule has 0 spiro atoms. The first kappa shape index (κ1) is 13.9. The molecule has 1 atom stereocenters. The first-order valence-electron chi connectivity index (χ1n) is 6.99. The average Bonchev–Trinajstić information content (AvgIpc) is 2.95. The van der Waals surface area contributed by atoms with Crippen molar-refractivity contribution in [1.29, 1.82) is 0 Å². The summed E-state index contributed by atoms with van der Waals surface area (Å²) in [6.07, 6.45) is 7.06. The van der Waals surface area contributed by atoms with Crippen LogP contribution in [0.15, 0.2) is 0 Å². The van der Waals surface area contributed by atoms with Crippen LogP contribution in [0.2, 0.25) is 0 Å². The molecule has 0 bridgehead atoms. The highest BCUT2D eigenvalue weighted by atomic mass is 32.1. The molecule has 1 heterocycles. The van der Waals surface area contributed by atoms with Gasteiger partial charge in [0.15, 0.2) is 0 Å². The molecule has 1 aliphatic rings. The van der Waals surface area contributed by atoms with Crippen molar-refractivity contribution in [2.45, 2.75) is 70.8 Å². The van der Waals surface area contributed by atoms with E-state index in [2.05, 4.69) is 30.4 Å². The van der Waals surface area contributed by atoms with E-state index in [0.29, 0.717) is 0 Å². The van der Waals surface area contributed by atoms with Crippen LogP contribution in [-0.2, 0) is 5.41 Å². The molecule has 0 aromatic carbocycles. The molecule has 4 heteroatoms. The normalized spacial score (nSPS) is 19.3. The Bertz CT molecular complexity index is 377. The summed E-state index contributed by atoms with van der Waals surface area (Å²) in [7, 11) is 0. The summed E-state index contributed by atoms with van der Waals surface area (Å²) in [5.41, 5.74) is 0.933. The van der Waals surface area contributed by atoms with Gasteiger partial charge >= 0.3 is 0 Å². The molecular formula is C14H24N2OS. The second-order valence-corrected chi connectivity index (χ2v) is 7.27. The minimum Gasteiger partial charge on any atom is -0.387 e. The van der Waals surface area contributed by atoms with E-state index in [9.17, 15) is 5.11 Å². The van der Waals surface area contributed by atoms with Crippen molar-refractivity contribution in [3.8, 4) is 0 Å². The molecule has 0 amide bonds. The topological polar surface area (TPSA) is 46.0 Å². The van der Waals surface area contributed by atoms with Gasteiger partial charge < -0.3 is 5.11 Å². The number of nitrogens with zero attached hydrogens (tertiary/aromatic N) is 2. The maximum Gasteiger partial charge on any atom is 0.0917 e. The molecule has 2 rings (SSSR count). The van der Waals surface area contributed by atoms with Crippen LogP contribution in [0.3, 0.4) is 0 Å². The van der Waals surface area contributed by atoms with Crippen molar-refractivity contribution in [1.82, 2.24) is 9.59 Å². The molecule has 1 unspecified atom stereocenters. The van der Waals surface area contributed by atoms with Crippen molar-refractivity contribution >= 4 is 11.5 Å². The summed E-state index contributed by atoms with van der Waals surface area (Å²) in [5, 5.41) is 14.5. The Morgan fingerprint density at radius 1 is 1.33 bits per heavy atom. The van der Waals surface area contributed by atoms with E-state index < -0.39 is 0 Å². The lowest BCUT2D eigenvalue weighted by molar-refractivity contribution is 0.158. The quantitative estimate of drug-likeness (QED) is 0.902. The fraction of sp³-hybridized carbons (Fsp3) is 0.857. The first-order chi connectivity index (χ1) is 8.48. The van der Waals surface area contributed by atoms with Crippen molar-refractivity contribution in [2.75, 3.05) is 0 Å². The van der Waals surface area contributed by atoms with Gasteiger partial charge in [0.25, 0.3) is 0 Å². The van der Waals surface area contributed by atoms with E-state index in [-0.39, 0.29) is 11.5 Å². The summed E-state index contributed by atoms with van der Waals surface area (Å²) < 4.78 is 4.02. The predicted octanol–water partition coefficient (Wildman–Crippen LogP) is 3.84. The van der Waals surface area contributed by atoms with Gasteiger partial charge in [-0.25, -0.2) is 0 Å². The van der Waals surface area contributed by atoms with Crippen LogP contribution in [0.5, 0.6) is 0 Å². The van der Waals surface area contributed by atoms with Crippen LogP contribution >= 0.6 is 11.5 Å². The summed E-state index contributed by atoms with van der Waals surface area (Å²) in [6.45, 7) is 6.37. The minimum atomic E-state index is -0.375. The third-order valence-corrected chi connectivity index (χ3v) is 4.67. The molecular weight excluding hydrogens is 244 g/mol. The van der Waals surface area contributed by atoms with E-state index in [1.54, 1.807) is 0 Å². The van der Waals surface area contributed by atoms with E-state index in [1.165, 1.54) is 37.2 Å². The fourth-order valence-corrected chi connectivity index (χ4v) is 3.64. The summed E-state index contributed by atoms with van der Waals surface area (Å²) >= 11 is 1.36. The monoisotopic (exact) mass is 268 g/mol. The fourth-order valence-electron chi connectivity index (χ4n) is 2.76. The molecule has 0 aliphatic heterocycles. The Morgan fingerprint density at radius 3 is 2.61 bits per heavy atom. The SMILES string of the molecule is CC(C)(C)c1nnsc1C(O)CCC1CCCC1. The van der Waals surface area contributed by atoms with Gasteiger partial charge in [-0.15, -0.1) is 5.10 Å². The van der Waals surface area contributed by atoms with Crippen molar-refractivity contribution in [3.63, 3.8) is 0 Å². The maximum absolute atomic E-state index is 10.3. The Kier molecular flexibility index (Phi) is 4.38. The van der Waals surface area contributed by atoms with Gasteiger partial charge in [-0.1, -0.05) is 50.9 Å². The second-order valence-electron chi connectivity index (χ2n) is 6.48. The molecule has 1 fully saturated rings. The van der Waals surface area contributed by atoms with Gasteiger partial charge in [-0.2, -0.15) is 0 Å². The van der Waals surface area contributed by atoms with Crippen molar-refractivity contribution in [3.05, 3.63) is 10.6 Å².